The summed E-state index contributed by atoms with van der Waals surface area (Å²) in [6.07, 6.45) is 2.34. The van der Waals surface area contributed by atoms with Crippen molar-refractivity contribution in [1.29, 1.82) is 0 Å². The van der Waals surface area contributed by atoms with Crippen molar-refractivity contribution < 1.29 is 9.32 Å². The van der Waals surface area contributed by atoms with Gasteiger partial charge in [-0.25, -0.2) is 0 Å². The lowest BCUT2D eigenvalue weighted by atomic mass is 10.2. The fourth-order valence-corrected chi connectivity index (χ4v) is 3.51. The van der Waals surface area contributed by atoms with Gasteiger partial charge in [0.15, 0.2) is 11.5 Å². The van der Waals surface area contributed by atoms with Gasteiger partial charge in [0.2, 0.25) is 0 Å². The first-order chi connectivity index (χ1) is 12.5. The van der Waals surface area contributed by atoms with Crippen LogP contribution in [0.1, 0.15) is 34.7 Å². The van der Waals surface area contributed by atoms with Crippen LogP contribution in [0, 0.1) is 0 Å². The molecule has 0 unspecified atom stereocenters. The van der Waals surface area contributed by atoms with Crippen molar-refractivity contribution in [2.75, 3.05) is 34.2 Å². The Kier molecular flexibility index (Phi) is 6.06. The zero-order valence-electron chi connectivity index (χ0n) is 15.9. The minimum atomic E-state index is -0.0778. The topological polar surface area (TPSA) is 52.8 Å². The molecular weight excluding hydrogens is 328 g/mol. The van der Waals surface area contributed by atoms with Crippen LogP contribution in [0.5, 0.6) is 0 Å². The molecule has 0 spiro atoms. The van der Waals surface area contributed by atoms with E-state index in [9.17, 15) is 4.79 Å². The van der Waals surface area contributed by atoms with Crippen LogP contribution < -0.4 is 0 Å². The highest BCUT2D eigenvalue weighted by Crippen LogP contribution is 2.17. The third-order valence-electron chi connectivity index (χ3n) is 5.00. The first-order valence-corrected chi connectivity index (χ1v) is 9.16. The zero-order valence-corrected chi connectivity index (χ0v) is 15.9. The number of rotatable bonds is 7. The summed E-state index contributed by atoms with van der Waals surface area (Å²) < 4.78 is 5.39. The number of carbonyl (C=O) groups excluding carboxylic acids is 1. The third-order valence-corrected chi connectivity index (χ3v) is 5.00. The summed E-state index contributed by atoms with van der Waals surface area (Å²) in [7, 11) is 5.98. The lowest BCUT2D eigenvalue weighted by Crippen LogP contribution is -2.39. The number of nitrogens with zero attached hydrogens (tertiary/aromatic N) is 4. The van der Waals surface area contributed by atoms with Gasteiger partial charge >= 0.3 is 0 Å². The summed E-state index contributed by atoms with van der Waals surface area (Å²) >= 11 is 0. The van der Waals surface area contributed by atoms with Crippen LogP contribution in [0.15, 0.2) is 40.9 Å². The number of hydrogen-bond acceptors (Lipinski definition) is 5. The Hall–Kier alpha value is -2.18. The maximum Gasteiger partial charge on any atom is 0.275 e. The number of carbonyl (C=O) groups is 1. The summed E-state index contributed by atoms with van der Waals surface area (Å²) in [4.78, 5) is 18.8. The Morgan fingerprint density at radius 2 is 2.04 bits per heavy atom. The van der Waals surface area contributed by atoms with Gasteiger partial charge in [0.05, 0.1) is 6.54 Å². The molecule has 1 atom stereocenters. The minimum absolute atomic E-state index is 0.0778. The normalized spacial score (nSPS) is 17.8. The average Bonchev–Trinajstić information content (AvgIpc) is 3.24. The predicted octanol–water partition coefficient (Wildman–Crippen LogP) is 2.47. The van der Waals surface area contributed by atoms with Crippen LogP contribution in [0.4, 0.5) is 0 Å². The van der Waals surface area contributed by atoms with Crippen LogP contribution in [-0.4, -0.2) is 66.0 Å². The van der Waals surface area contributed by atoms with Gasteiger partial charge in [-0.15, -0.1) is 0 Å². The number of benzene rings is 1. The van der Waals surface area contributed by atoms with Gasteiger partial charge in [0, 0.05) is 32.2 Å². The van der Waals surface area contributed by atoms with Crippen LogP contribution in [0.2, 0.25) is 0 Å². The number of aromatic nitrogens is 1. The largest absolute Gasteiger partial charge is 0.359 e. The monoisotopic (exact) mass is 356 g/mol. The quantitative estimate of drug-likeness (QED) is 0.763. The zero-order chi connectivity index (χ0) is 18.5. The molecule has 0 aliphatic carbocycles. The summed E-state index contributed by atoms with van der Waals surface area (Å²) in [6.45, 7) is 3.27. The molecule has 6 nitrogen and oxygen atoms in total. The van der Waals surface area contributed by atoms with Gasteiger partial charge in [-0.05, 0) is 39.0 Å². The van der Waals surface area contributed by atoms with Crippen molar-refractivity contribution in [3.05, 3.63) is 53.4 Å². The van der Waals surface area contributed by atoms with E-state index in [1.54, 1.807) is 11.0 Å². The first kappa shape index (κ1) is 18.6. The molecule has 1 fully saturated rings. The molecule has 0 saturated carbocycles. The van der Waals surface area contributed by atoms with E-state index in [0.29, 0.717) is 24.0 Å². The maximum atomic E-state index is 12.6. The van der Waals surface area contributed by atoms with E-state index < -0.39 is 0 Å². The van der Waals surface area contributed by atoms with Crippen molar-refractivity contribution in [3.63, 3.8) is 0 Å². The first-order valence-electron chi connectivity index (χ1n) is 9.16. The second kappa shape index (κ2) is 8.47. The molecule has 3 rings (SSSR count). The highest BCUT2D eigenvalue weighted by Gasteiger charge is 2.25. The SMILES string of the molecule is CN(Cc1ccccc1)Cc1cc(C(=O)N(C)C[C@@H]2CCCN2C)no1. The van der Waals surface area contributed by atoms with Gasteiger partial charge in [-0.3, -0.25) is 9.69 Å². The molecule has 1 aliphatic heterocycles. The molecule has 1 aliphatic rings. The third kappa shape index (κ3) is 4.71. The molecule has 2 heterocycles. The number of hydrogen-bond donors (Lipinski definition) is 0. The average molecular weight is 356 g/mol. The van der Waals surface area contributed by atoms with E-state index in [2.05, 4.69) is 34.1 Å². The predicted molar refractivity (Wildman–Crippen MR) is 101 cm³/mol. The molecule has 26 heavy (non-hydrogen) atoms. The Bertz CT molecular complexity index is 716. The fraction of sp³-hybridized carbons (Fsp3) is 0.500. The molecule has 6 heteroatoms. The van der Waals surface area contributed by atoms with Crippen molar-refractivity contribution in [3.8, 4) is 0 Å². The molecule has 1 amide bonds. The maximum absolute atomic E-state index is 12.6. The van der Waals surface area contributed by atoms with Crippen molar-refractivity contribution in [2.24, 2.45) is 0 Å². The summed E-state index contributed by atoms with van der Waals surface area (Å²) in [5.74, 6) is 0.629. The van der Waals surface area contributed by atoms with E-state index in [1.165, 1.54) is 12.0 Å². The Morgan fingerprint density at radius 1 is 1.27 bits per heavy atom. The van der Waals surface area contributed by atoms with Crippen LogP contribution >= 0.6 is 0 Å². The van der Waals surface area contributed by atoms with Gasteiger partial charge in [0.1, 0.15) is 0 Å². The van der Waals surface area contributed by atoms with E-state index >= 15 is 0 Å². The highest BCUT2D eigenvalue weighted by molar-refractivity contribution is 5.92. The van der Waals surface area contributed by atoms with Gasteiger partial charge in [-0.1, -0.05) is 35.5 Å². The molecule has 2 aromatic rings. The lowest BCUT2D eigenvalue weighted by molar-refractivity contribution is 0.0751. The number of amides is 1. The van der Waals surface area contributed by atoms with E-state index in [0.717, 1.165) is 26.1 Å². The van der Waals surface area contributed by atoms with E-state index in [4.69, 9.17) is 4.52 Å². The Balaban J connectivity index is 1.54. The number of likely N-dealkylation sites (tertiary alicyclic amines) is 1. The molecule has 1 aromatic heterocycles. The van der Waals surface area contributed by atoms with Gasteiger partial charge in [0.25, 0.3) is 5.91 Å². The second-order valence-corrected chi connectivity index (χ2v) is 7.30. The molecule has 0 N–H and O–H groups in total. The van der Waals surface area contributed by atoms with Gasteiger partial charge in [-0.2, -0.15) is 0 Å². The van der Waals surface area contributed by atoms with Crippen molar-refractivity contribution >= 4 is 5.91 Å². The van der Waals surface area contributed by atoms with Crippen molar-refractivity contribution in [1.82, 2.24) is 19.9 Å². The summed E-state index contributed by atoms with van der Waals surface area (Å²) in [5.41, 5.74) is 1.63. The van der Waals surface area contributed by atoms with Gasteiger partial charge < -0.3 is 14.3 Å². The molecule has 1 aromatic carbocycles. The Labute approximate surface area is 155 Å². The molecule has 140 valence electrons. The second-order valence-electron chi connectivity index (χ2n) is 7.30. The highest BCUT2D eigenvalue weighted by atomic mass is 16.5. The lowest BCUT2D eigenvalue weighted by Gasteiger charge is -2.25. The minimum Gasteiger partial charge on any atom is -0.359 e. The molecule has 1 saturated heterocycles. The van der Waals surface area contributed by atoms with Crippen LogP contribution in [-0.2, 0) is 13.1 Å². The Morgan fingerprint density at radius 3 is 2.73 bits per heavy atom. The summed E-state index contributed by atoms with van der Waals surface area (Å²) in [5, 5.41) is 3.98. The fourth-order valence-electron chi connectivity index (χ4n) is 3.51. The van der Waals surface area contributed by atoms with Crippen molar-refractivity contribution in [2.45, 2.75) is 32.0 Å². The van der Waals surface area contributed by atoms with Crippen LogP contribution in [0.25, 0.3) is 0 Å². The van der Waals surface area contributed by atoms with Crippen LogP contribution in [0.3, 0.4) is 0 Å². The molecule has 0 radical (unpaired) electrons. The molecular formula is C20H28N4O2. The summed E-state index contributed by atoms with van der Waals surface area (Å²) in [6, 6.07) is 12.5. The van der Waals surface area contributed by atoms with E-state index in [1.807, 2.05) is 32.3 Å². The smallest absolute Gasteiger partial charge is 0.275 e. The molecule has 0 bridgehead atoms. The van der Waals surface area contributed by atoms with E-state index in [-0.39, 0.29) is 5.91 Å². The standard InChI is InChI=1S/C20H28N4O2/c1-22(13-16-8-5-4-6-9-16)15-18-12-19(21-26-18)20(25)24(3)14-17-10-7-11-23(17)2/h4-6,8-9,12,17H,7,10-11,13-15H2,1-3H3/t17-/m0/s1. The number of likely N-dealkylation sites (N-methyl/N-ethyl adjacent to an activating group) is 2.